The maximum Gasteiger partial charge on any atom is 0.410 e. The second kappa shape index (κ2) is 7.76. The molecule has 3 rings (SSSR count). The van der Waals surface area contributed by atoms with E-state index < -0.39 is 5.60 Å². The summed E-state index contributed by atoms with van der Waals surface area (Å²) in [6, 6.07) is 5.99. The Morgan fingerprint density at radius 1 is 1.19 bits per heavy atom. The van der Waals surface area contributed by atoms with Crippen molar-refractivity contribution in [2.45, 2.75) is 51.9 Å². The summed E-state index contributed by atoms with van der Waals surface area (Å²) in [4.78, 5) is 17.9. The number of hydrogen-bond acceptors (Lipinski definition) is 5. The zero-order chi connectivity index (χ0) is 18.6. The Morgan fingerprint density at radius 3 is 2.54 bits per heavy atom. The Balaban J connectivity index is 1.49. The van der Waals surface area contributed by atoms with E-state index in [0.717, 1.165) is 18.4 Å². The van der Waals surface area contributed by atoms with Crippen molar-refractivity contribution in [1.29, 1.82) is 0 Å². The monoisotopic (exact) mass is 358 g/mol. The normalized spacial score (nSPS) is 15.7. The van der Waals surface area contributed by atoms with Crippen LogP contribution in [0.1, 0.15) is 45.2 Å². The summed E-state index contributed by atoms with van der Waals surface area (Å²) in [5, 5.41) is 4.52. The number of rotatable bonds is 4. The fourth-order valence-electron chi connectivity index (χ4n) is 2.88. The van der Waals surface area contributed by atoms with Crippen molar-refractivity contribution in [3.8, 4) is 5.88 Å². The highest BCUT2D eigenvalue weighted by Gasteiger charge is 2.27. The van der Waals surface area contributed by atoms with Gasteiger partial charge in [-0.15, -0.1) is 5.10 Å². The Kier molecular flexibility index (Phi) is 5.44. The average Bonchev–Trinajstić information content (AvgIpc) is 3.08. The molecule has 2 aromatic rings. The van der Waals surface area contributed by atoms with Crippen LogP contribution in [-0.2, 0) is 11.3 Å². The molecule has 26 heavy (non-hydrogen) atoms. The van der Waals surface area contributed by atoms with E-state index >= 15 is 0 Å². The maximum atomic E-state index is 12.1. The van der Waals surface area contributed by atoms with E-state index in [4.69, 9.17) is 9.47 Å². The number of amides is 1. The molecule has 1 aliphatic rings. The van der Waals surface area contributed by atoms with Gasteiger partial charge >= 0.3 is 6.09 Å². The number of hydrogen-bond donors (Lipinski definition) is 0. The summed E-state index contributed by atoms with van der Waals surface area (Å²) in [7, 11) is 0. The molecule has 0 bridgehead atoms. The average molecular weight is 358 g/mol. The molecule has 1 saturated heterocycles. The van der Waals surface area contributed by atoms with Crippen molar-refractivity contribution in [3.63, 3.8) is 0 Å². The molecule has 1 fully saturated rings. The van der Waals surface area contributed by atoms with Gasteiger partial charge in [0.2, 0.25) is 5.88 Å². The third-order valence-electron chi connectivity index (χ3n) is 4.21. The third-order valence-corrected chi connectivity index (χ3v) is 4.21. The summed E-state index contributed by atoms with van der Waals surface area (Å²) in [6.45, 7) is 7.47. The minimum absolute atomic E-state index is 0.238. The predicted molar refractivity (Wildman–Crippen MR) is 96.9 cm³/mol. The number of carbonyl (C=O) groups is 1. The van der Waals surface area contributed by atoms with Crippen molar-refractivity contribution in [1.82, 2.24) is 19.7 Å². The molecule has 0 aromatic carbocycles. The molecular weight excluding hydrogens is 332 g/mol. The Bertz CT molecular complexity index is 716. The zero-order valence-corrected chi connectivity index (χ0v) is 15.6. The van der Waals surface area contributed by atoms with Crippen LogP contribution in [0.2, 0.25) is 0 Å². The molecule has 1 amide bonds. The molecular formula is C19H26N4O3. The summed E-state index contributed by atoms with van der Waals surface area (Å²) >= 11 is 0. The van der Waals surface area contributed by atoms with Gasteiger partial charge in [-0.05, 0) is 51.3 Å². The molecule has 0 saturated carbocycles. The highest BCUT2D eigenvalue weighted by atomic mass is 16.6. The van der Waals surface area contributed by atoms with E-state index in [1.54, 1.807) is 17.3 Å². The topological polar surface area (TPSA) is 69.5 Å². The van der Waals surface area contributed by atoms with Crippen LogP contribution in [0.5, 0.6) is 5.88 Å². The fraction of sp³-hybridized carbons (Fsp3) is 0.526. The molecule has 0 radical (unpaired) electrons. The molecule has 140 valence electrons. The van der Waals surface area contributed by atoms with Crippen LogP contribution >= 0.6 is 0 Å². The summed E-state index contributed by atoms with van der Waals surface area (Å²) in [5.41, 5.74) is 0.594. The first-order valence-corrected chi connectivity index (χ1v) is 8.95. The quantitative estimate of drug-likeness (QED) is 0.837. The number of aromatic nitrogens is 3. The van der Waals surface area contributed by atoms with Crippen LogP contribution < -0.4 is 4.74 Å². The van der Waals surface area contributed by atoms with Crippen molar-refractivity contribution < 1.29 is 14.3 Å². The number of pyridine rings is 1. The van der Waals surface area contributed by atoms with Gasteiger partial charge in [0.15, 0.2) is 0 Å². The second-order valence-electron chi connectivity index (χ2n) is 7.48. The highest BCUT2D eigenvalue weighted by Crippen LogP contribution is 2.24. The Labute approximate surface area is 153 Å². The SMILES string of the molecule is CC(C)(C)OC(=O)N1CCC(n2ccc(OCc3ccncc3)n2)CC1. The van der Waals surface area contributed by atoms with Crippen molar-refractivity contribution in [3.05, 3.63) is 42.4 Å². The van der Waals surface area contributed by atoms with Crippen LogP contribution in [-0.4, -0.2) is 44.4 Å². The second-order valence-corrected chi connectivity index (χ2v) is 7.48. The molecule has 2 aromatic heterocycles. The van der Waals surface area contributed by atoms with E-state index in [2.05, 4.69) is 10.1 Å². The van der Waals surface area contributed by atoms with E-state index in [9.17, 15) is 4.79 Å². The standard InChI is InChI=1S/C19H26N4O3/c1-19(2,3)26-18(24)22-11-6-16(7-12-22)23-13-8-17(21-23)25-14-15-4-9-20-10-5-15/h4-5,8-10,13,16H,6-7,11-12,14H2,1-3H3. The zero-order valence-electron chi connectivity index (χ0n) is 15.6. The number of likely N-dealkylation sites (tertiary alicyclic amines) is 1. The lowest BCUT2D eigenvalue weighted by Gasteiger charge is -2.33. The Morgan fingerprint density at radius 2 is 1.88 bits per heavy atom. The van der Waals surface area contributed by atoms with E-state index in [1.807, 2.05) is 49.8 Å². The molecule has 1 aliphatic heterocycles. The summed E-state index contributed by atoms with van der Waals surface area (Å²) in [6.07, 6.45) is 6.90. The summed E-state index contributed by atoms with van der Waals surface area (Å²) in [5.74, 6) is 0.608. The van der Waals surface area contributed by atoms with Crippen LogP contribution in [0.15, 0.2) is 36.8 Å². The first kappa shape index (κ1) is 18.2. The molecule has 0 unspecified atom stereocenters. The molecule has 0 spiro atoms. The van der Waals surface area contributed by atoms with Gasteiger partial charge in [0, 0.05) is 37.7 Å². The van der Waals surface area contributed by atoms with Crippen LogP contribution in [0.4, 0.5) is 4.79 Å². The molecule has 7 heteroatoms. The lowest BCUT2D eigenvalue weighted by atomic mass is 10.1. The van der Waals surface area contributed by atoms with Crippen LogP contribution in [0.25, 0.3) is 0 Å². The van der Waals surface area contributed by atoms with Gasteiger partial charge in [0.25, 0.3) is 0 Å². The van der Waals surface area contributed by atoms with Crippen LogP contribution in [0.3, 0.4) is 0 Å². The highest BCUT2D eigenvalue weighted by molar-refractivity contribution is 5.68. The number of carbonyl (C=O) groups excluding carboxylic acids is 1. The van der Waals surface area contributed by atoms with Gasteiger partial charge < -0.3 is 14.4 Å². The van der Waals surface area contributed by atoms with Gasteiger partial charge in [-0.1, -0.05) is 0 Å². The van der Waals surface area contributed by atoms with E-state index in [-0.39, 0.29) is 12.1 Å². The van der Waals surface area contributed by atoms with Gasteiger partial charge in [-0.3, -0.25) is 9.67 Å². The van der Waals surface area contributed by atoms with Crippen molar-refractivity contribution in [2.24, 2.45) is 0 Å². The Hall–Kier alpha value is -2.57. The minimum Gasteiger partial charge on any atom is -0.472 e. The molecule has 0 aliphatic carbocycles. The molecule has 0 N–H and O–H groups in total. The molecule has 7 nitrogen and oxygen atoms in total. The van der Waals surface area contributed by atoms with Crippen LogP contribution in [0, 0.1) is 0 Å². The van der Waals surface area contributed by atoms with Crippen molar-refractivity contribution >= 4 is 6.09 Å². The number of ether oxygens (including phenoxy) is 2. The number of piperidine rings is 1. The maximum absolute atomic E-state index is 12.1. The van der Waals surface area contributed by atoms with Gasteiger partial charge in [0.1, 0.15) is 12.2 Å². The smallest absolute Gasteiger partial charge is 0.410 e. The first-order valence-electron chi connectivity index (χ1n) is 8.95. The van der Waals surface area contributed by atoms with Crippen molar-refractivity contribution in [2.75, 3.05) is 13.1 Å². The lowest BCUT2D eigenvalue weighted by molar-refractivity contribution is 0.0184. The van der Waals surface area contributed by atoms with Gasteiger partial charge in [0.05, 0.1) is 6.04 Å². The fourth-order valence-corrected chi connectivity index (χ4v) is 2.88. The van der Waals surface area contributed by atoms with Gasteiger partial charge in [-0.25, -0.2) is 4.79 Å². The van der Waals surface area contributed by atoms with Gasteiger partial charge in [-0.2, -0.15) is 0 Å². The molecule has 0 atom stereocenters. The number of nitrogens with zero attached hydrogens (tertiary/aromatic N) is 4. The van der Waals surface area contributed by atoms with E-state index in [1.165, 1.54) is 0 Å². The largest absolute Gasteiger partial charge is 0.472 e. The summed E-state index contributed by atoms with van der Waals surface area (Å²) < 4.78 is 13.1. The first-order chi connectivity index (χ1) is 12.4. The predicted octanol–water partition coefficient (Wildman–Crippen LogP) is 3.43. The lowest BCUT2D eigenvalue weighted by Crippen LogP contribution is -2.42. The minimum atomic E-state index is -0.461. The third kappa shape index (κ3) is 4.97. The van der Waals surface area contributed by atoms with E-state index in [0.29, 0.717) is 25.6 Å². The molecule has 3 heterocycles.